The van der Waals surface area contributed by atoms with Crippen molar-refractivity contribution in [1.82, 2.24) is 0 Å². The summed E-state index contributed by atoms with van der Waals surface area (Å²) in [7, 11) is 0. The minimum atomic E-state index is 0.227. The van der Waals surface area contributed by atoms with Crippen molar-refractivity contribution in [2.45, 2.75) is 105 Å². The van der Waals surface area contributed by atoms with Gasteiger partial charge in [0.2, 0.25) is 0 Å². The lowest BCUT2D eigenvalue weighted by Gasteiger charge is -2.19. The molecule has 0 aromatic rings. The average molecular weight is 403 g/mol. The van der Waals surface area contributed by atoms with E-state index in [1.54, 1.807) is 0 Å². The Morgan fingerprint density at radius 1 is 0.500 bits per heavy atom. The van der Waals surface area contributed by atoms with Crippen LogP contribution in [0.15, 0.2) is 0 Å². The summed E-state index contributed by atoms with van der Waals surface area (Å²) < 4.78 is 23.2. The molecule has 0 fully saturated rings. The summed E-state index contributed by atoms with van der Waals surface area (Å²) in [6, 6.07) is 0. The first-order valence-electron chi connectivity index (χ1n) is 11.8. The van der Waals surface area contributed by atoms with Gasteiger partial charge in [0.15, 0.2) is 0 Å². The van der Waals surface area contributed by atoms with Gasteiger partial charge in [0, 0.05) is 33.0 Å². The van der Waals surface area contributed by atoms with Crippen LogP contribution in [0.3, 0.4) is 0 Å². The molecule has 1 atom stereocenters. The lowest BCUT2D eigenvalue weighted by Crippen LogP contribution is -2.21. The fourth-order valence-electron chi connectivity index (χ4n) is 2.92. The summed E-state index contributed by atoms with van der Waals surface area (Å²) in [4.78, 5) is 0. The second-order valence-electron chi connectivity index (χ2n) is 9.02. The van der Waals surface area contributed by atoms with Gasteiger partial charge in [0.25, 0.3) is 0 Å². The highest BCUT2D eigenvalue weighted by atomic mass is 16.5. The van der Waals surface area contributed by atoms with Crippen molar-refractivity contribution in [2.75, 3.05) is 39.6 Å². The fourth-order valence-corrected chi connectivity index (χ4v) is 2.92. The van der Waals surface area contributed by atoms with Crippen LogP contribution in [0, 0.1) is 11.8 Å². The van der Waals surface area contributed by atoms with Gasteiger partial charge >= 0.3 is 0 Å². The molecule has 0 saturated carbocycles. The summed E-state index contributed by atoms with van der Waals surface area (Å²) >= 11 is 0. The van der Waals surface area contributed by atoms with Crippen molar-refractivity contribution in [2.24, 2.45) is 11.8 Å². The molecule has 0 aliphatic rings. The van der Waals surface area contributed by atoms with E-state index in [9.17, 15) is 0 Å². The Hall–Kier alpha value is -0.160. The van der Waals surface area contributed by atoms with Gasteiger partial charge in [-0.25, -0.2) is 0 Å². The van der Waals surface area contributed by atoms with E-state index in [4.69, 9.17) is 18.9 Å². The predicted octanol–water partition coefficient (Wildman–Crippen LogP) is 6.26. The maximum absolute atomic E-state index is 6.12. The van der Waals surface area contributed by atoms with Crippen molar-refractivity contribution in [3.05, 3.63) is 0 Å². The lowest BCUT2D eigenvalue weighted by molar-refractivity contribution is -0.0250. The second-order valence-corrected chi connectivity index (χ2v) is 9.02. The van der Waals surface area contributed by atoms with Gasteiger partial charge in [-0.2, -0.15) is 0 Å². The zero-order chi connectivity index (χ0) is 21.0. The van der Waals surface area contributed by atoms with Crippen LogP contribution < -0.4 is 0 Å². The molecule has 0 heterocycles. The first kappa shape index (κ1) is 27.8. The van der Waals surface area contributed by atoms with Gasteiger partial charge in [-0.1, -0.05) is 27.7 Å². The predicted molar refractivity (Wildman–Crippen MR) is 119 cm³/mol. The Balaban J connectivity index is 3.80. The Kier molecular flexibility index (Phi) is 20.0. The van der Waals surface area contributed by atoms with Crippen LogP contribution in [0.1, 0.15) is 92.9 Å². The normalized spacial score (nSPS) is 13.2. The number of rotatable bonds is 21. The maximum atomic E-state index is 6.12. The van der Waals surface area contributed by atoms with Crippen LogP contribution in [0.5, 0.6) is 0 Å². The van der Waals surface area contributed by atoms with E-state index in [2.05, 4.69) is 41.5 Å². The van der Waals surface area contributed by atoms with E-state index >= 15 is 0 Å². The zero-order valence-corrected chi connectivity index (χ0v) is 19.8. The van der Waals surface area contributed by atoms with Crippen molar-refractivity contribution in [3.63, 3.8) is 0 Å². The summed E-state index contributed by atoms with van der Waals surface area (Å²) in [5.41, 5.74) is 0. The van der Waals surface area contributed by atoms with Crippen LogP contribution in [0.4, 0.5) is 0 Å². The highest BCUT2D eigenvalue weighted by Gasteiger charge is 2.10. The molecule has 0 bridgehead atoms. The minimum absolute atomic E-state index is 0.227. The molecule has 4 nitrogen and oxygen atoms in total. The Bertz CT molecular complexity index is 305. The van der Waals surface area contributed by atoms with Crippen molar-refractivity contribution in [1.29, 1.82) is 0 Å². The minimum Gasteiger partial charge on any atom is -0.381 e. The highest BCUT2D eigenvalue weighted by Crippen LogP contribution is 2.11. The Morgan fingerprint density at radius 3 is 1.71 bits per heavy atom. The molecule has 0 aromatic carbocycles. The van der Waals surface area contributed by atoms with Crippen molar-refractivity contribution < 1.29 is 18.9 Å². The molecule has 1 unspecified atom stereocenters. The smallest absolute Gasteiger partial charge is 0.0808 e. The van der Waals surface area contributed by atoms with Crippen LogP contribution >= 0.6 is 0 Å². The summed E-state index contributed by atoms with van der Waals surface area (Å²) in [6.07, 6.45) is 9.55. The van der Waals surface area contributed by atoms with Crippen LogP contribution in [-0.4, -0.2) is 51.8 Å². The van der Waals surface area contributed by atoms with E-state index in [1.165, 1.54) is 12.8 Å². The summed E-state index contributed by atoms with van der Waals surface area (Å²) in [5, 5.41) is 0. The quantitative estimate of drug-likeness (QED) is 0.212. The number of hydrogen-bond donors (Lipinski definition) is 0. The summed E-state index contributed by atoms with van der Waals surface area (Å²) in [6.45, 7) is 18.0. The Morgan fingerprint density at radius 2 is 1.07 bits per heavy atom. The monoisotopic (exact) mass is 402 g/mol. The first-order chi connectivity index (χ1) is 13.4. The van der Waals surface area contributed by atoms with Crippen LogP contribution in [0.2, 0.25) is 0 Å². The van der Waals surface area contributed by atoms with Gasteiger partial charge in [-0.15, -0.1) is 0 Å². The third-order valence-electron chi connectivity index (χ3n) is 4.60. The molecule has 0 aromatic heterocycles. The van der Waals surface area contributed by atoms with E-state index in [0.29, 0.717) is 6.10 Å². The molecule has 0 aliphatic heterocycles. The largest absolute Gasteiger partial charge is 0.381 e. The molecular weight excluding hydrogens is 352 g/mol. The molecule has 0 spiro atoms. The molecule has 170 valence electrons. The van der Waals surface area contributed by atoms with E-state index in [-0.39, 0.29) is 6.10 Å². The standard InChI is InChI=1S/C24H50O4/c1-21(2)12-9-16-26-20-24(28-18-10-13-22(3)4)14-7-8-15-25-17-11-19-27-23(5)6/h21-24H,7-20H2,1-6H3. The molecule has 28 heavy (non-hydrogen) atoms. The van der Waals surface area contributed by atoms with Crippen LogP contribution in [-0.2, 0) is 18.9 Å². The Labute approximate surface area is 176 Å². The third-order valence-corrected chi connectivity index (χ3v) is 4.60. The topological polar surface area (TPSA) is 36.9 Å². The third kappa shape index (κ3) is 22.1. The molecule has 0 rings (SSSR count). The number of hydrogen-bond acceptors (Lipinski definition) is 4. The molecule has 0 N–H and O–H groups in total. The maximum Gasteiger partial charge on any atom is 0.0808 e. The van der Waals surface area contributed by atoms with Gasteiger partial charge in [-0.3, -0.25) is 0 Å². The van der Waals surface area contributed by atoms with Gasteiger partial charge < -0.3 is 18.9 Å². The van der Waals surface area contributed by atoms with Gasteiger partial charge in [0.1, 0.15) is 0 Å². The molecule has 0 saturated heterocycles. The number of unbranched alkanes of at least 4 members (excludes halogenated alkanes) is 1. The van der Waals surface area contributed by atoms with Gasteiger partial charge in [-0.05, 0) is 77.0 Å². The molecule has 0 aliphatic carbocycles. The van der Waals surface area contributed by atoms with E-state index in [0.717, 1.165) is 90.0 Å². The van der Waals surface area contributed by atoms with Gasteiger partial charge in [0.05, 0.1) is 18.8 Å². The van der Waals surface area contributed by atoms with Crippen molar-refractivity contribution >= 4 is 0 Å². The molecule has 0 amide bonds. The molecule has 0 radical (unpaired) electrons. The van der Waals surface area contributed by atoms with E-state index in [1.807, 2.05) is 0 Å². The molecule has 4 heteroatoms. The lowest BCUT2D eigenvalue weighted by atomic mass is 10.1. The second kappa shape index (κ2) is 20.1. The summed E-state index contributed by atoms with van der Waals surface area (Å²) in [5.74, 6) is 1.50. The fraction of sp³-hybridized carbons (Fsp3) is 1.00. The highest BCUT2D eigenvalue weighted by molar-refractivity contribution is 4.59. The number of ether oxygens (including phenoxy) is 4. The first-order valence-corrected chi connectivity index (χ1v) is 11.8. The van der Waals surface area contributed by atoms with E-state index < -0.39 is 0 Å². The zero-order valence-electron chi connectivity index (χ0n) is 19.8. The van der Waals surface area contributed by atoms with Crippen LogP contribution in [0.25, 0.3) is 0 Å². The molecular formula is C24H50O4. The average Bonchev–Trinajstić information content (AvgIpc) is 2.62. The SMILES string of the molecule is CC(C)CCCOCC(CCCCOCCCOC(C)C)OCCCC(C)C. The van der Waals surface area contributed by atoms with Crippen molar-refractivity contribution in [3.8, 4) is 0 Å².